The number of halogens is 5. The van der Waals surface area contributed by atoms with E-state index in [9.17, 15) is 36.4 Å². The average molecular weight is 600 g/mol. The van der Waals surface area contributed by atoms with Crippen LogP contribution in [0.2, 0.25) is 10.0 Å². The molecule has 5 rings (SSSR count). The molecule has 2 aliphatic carbocycles. The first kappa shape index (κ1) is 27.7. The van der Waals surface area contributed by atoms with Gasteiger partial charge in [0.05, 0.1) is 37.2 Å². The maximum absolute atomic E-state index is 14.0. The number of carbonyl (C=O) groups excluding carboxylic acids is 2. The molecule has 0 aromatic heterocycles. The molecule has 1 N–H and O–H groups in total. The van der Waals surface area contributed by atoms with E-state index in [1.165, 1.54) is 24.3 Å². The molecule has 2 amide bonds. The third-order valence-electron chi connectivity index (χ3n) is 7.72. The van der Waals surface area contributed by atoms with Crippen molar-refractivity contribution in [2.24, 2.45) is 0 Å². The maximum Gasteiger partial charge on any atom is 0.417 e. The number of rotatable bonds is 6. The summed E-state index contributed by atoms with van der Waals surface area (Å²) < 4.78 is 67.7. The van der Waals surface area contributed by atoms with Crippen LogP contribution >= 0.6 is 23.2 Å². The van der Waals surface area contributed by atoms with E-state index in [4.69, 9.17) is 23.2 Å². The van der Waals surface area contributed by atoms with Crippen molar-refractivity contribution in [3.63, 3.8) is 0 Å². The van der Waals surface area contributed by atoms with Crippen LogP contribution < -0.4 is 5.32 Å². The molecule has 7 nitrogen and oxygen atoms in total. The van der Waals surface area contributed by atoms with Crippen molar-refractivity contribution in [2.75, 3.05) is 6.54 Å². The van der Waals surface area contributed by atoms with Crippen LogP contribution in [0.25, 0.3) is 0 Å². The van der Waals surface area contributed by atoms with Crippen LogP contribution in [0.1, 0.15) is 43.2 Å². The Bertz CT molecular complexity index is 1520. The van der Waals surface area contributed by atoms with E-state index in [-0.39, 0.29) is 41.3 Å². The number of hydrogen-bond donors (Lipinski definition) is 1. The molecule has 1 heterocycles. The lowest BCUT2D eigenvalue weighted by atomic mass is 9.92. The fraction of sp³-hybridized carbons (Fsp3) is 0.423. The number of likely N-dealkylation sites (tertiary alicyclic amines) is 1. The summed E-state index contributed by atoms with van der Waals surface area (Å²) in [6.45, 7) is -0.356. The van der Waals surface area contributed by atoms with Gasteiger partial charge in [0.1, 0.15) is 11.6 Å². The molecule has 3 fully saturated rings. The normalized spacial score (nSPS) is 23.1. The molecule has 2 aromatic rings. The molecule has 206 valence electrons. The van der Waals surface area contributed by atoms with E-state index in [1.54, 1.807) is 6.07 Å². The predicted octanol–water partition coefficient (Wildman–Crippen LogP) is 4.66. The van der Waals surface area contributed by atoms with Crippen LogP contribution in [0.3, 0.4) is 0 Å². The van der Waals surface area contributed by atoms with Crippen molar-refractivity contribution in [1.82, 2.24) is 10.2 Å². The molecule has 2 atom stereocenters. The van der Waals surface area contributed by atoms with Crippen molar-refractivity contribution in [3.8, 4) is 6.07 Å². The molecule has 3 aliphatic rings. The lowest BCUT2D eigenvalue weighted by Gasteiger charge is -2.29. The second kappa shape index (κ2) is 9.39. The molecular weight excluding hydrogens is 578 g/mol. The molecule has 0 radical (unpaired) electrons. The van der Waals surface area contributed by atoms with Gasteiger partial charge in [-0.1, -0.05) is 41.4 Å². The molecule has 2 aromatic carbocycles. The number of sulfone groups is 1. The Kier molecular flexibility index (Phi) is 6.68. The molecule has 0 bridgehead atoms. The smallest absolute Gasteiger partial charge is 0.336 e. The largest absolute Gasteiger partial charge is 0.417 e. The van der Waals surface area contributed by atoms with Gasteiger partial charge in [-0.3, -0.25) is 9.59 Å². The van der Waals surface area contributed by atoms with Crippen LogP contribution in [-0.4, -0.2) is 48.5 Å². The minimum absolute atomic E-state index is 0.0100. The standard InChI is InChI=1S/C26H22Cl2F3N3O4S/c27-18-6-5-15(11-17(18)26(29,30)31)25(9-10-25)23(36)34-13-16(39(37,38)21-4-2-1-3-19(21)28)12-20(34)22(35)33-24(14-32)7-8-24/h1-6,11,16,20H,7-10,12-13H2,(H,33,35)/t16-,20+/m1/s1. The Morgan fingerprint density at radius 2 is 1.72 bits per heavy atom. The van der Waals surface area contributed by atoms with Gasteiger partial charge in [0, 0.05) is 6.54 Å². The Balaban J connectivity index is 1.50. The van der Waals surface area contributed by atoms with Crippen LogP contribution in [0.5, 0.6) is 0 Å². The maximum atomic E-state index is 14.0. The Morgan fingerprint density at radius 3 is 2.28 bits per heavy atom. The van der Waals surface area contributed by atoms with Crippen molar-refractivity contribution < 1.29 is 31.2 Å². The molecule has 1 saturated heterocycles. The first-order valence-electron chi connectivity index (χ1n) is 12.1. The monoisotopic (exact) mass is 599 g/mol. The van der Waals surface area contributed by atoms with E-state index in [0.717, 1.165) is 17.0 Å². The predicted molar refractivity (Wildman–Crippen MR) is 136 cm³/mol. The highest BCUT2D eigenvalue weighted by atomic mass is 35.5. The van der Waals surface area contributed by atoms with Gasteiger partial charge in [0.15, 0.2) is 9.84 Å². The average Bonchev–Trinajstić information content (AvgIpc) is 3.80. The summed E-state index contributed by atoms with van der Waals surface area (Å²) in [6.07, 6.45) is -3.71. The zero-order chi connectivity index (χ0) is 28.4. The summed E-state index contributed by atoms with van der Waals surface area (Å²) in [5.74, 6) is -1.32. The number of alkyl halides is 3. The molecule has 0 unspecified atom stereocenters. The number of benzene rings is 2. The zero-order valence-corrected chi connectivity index (χ0v) is 22.6. The molecule has 1 aliphatic heterocycles. The fourth-order valence-electron chi connectivity index (χ4n) is 5.13. The summed E-state index contributed by atoms with van der Waals surface area (Å²) in [7, 11) is -4.09. The van der Waals surface area contributed by atoms with Crippen molar-refractivity contribution >= 4 is 44.9 Å². The number of amides is 2. The molecule has 13 heteroatoms. The minimum atomic E-state index is -4.74. The number of hydrogen-bond acceptors (Lipinski definition) is 5. The van der Waals surface area contributed by atoms with Gasteiger partial charge in [-0.05, 0) is 61.9 Å². The van der Waals surface area contributed by atoms with Crippen molar-refractivity contribution in [2.45, 2.75) is 65.4 Å². The van der Waals surface area contributed by atoms with E-state index in [1.807, 2.05) is 6.07 Å². The summed E-state index contributed by atoms with van der Waals surface area (Å²) in [5.41, 5.74) is -3.41. The van der Waals surface area contributed by atoms with Crippen LogP contribution in [-0.2, 0) is 31.0 Å². The van der Waals surface area contributed by atoms with E-state index < -0.39 is 60.7 Å². The highest BCUT2D eigenvalue weighted by Gasteiger charge is 2.58. The van der Waals surface area contributed by atoms with Crippen LogP contribution in [0.4, 0.5) is 13.2 Å². The van der Waals surface area contributed by atoms with Crippen molar-refractivity contribution in [3.05, 3.63) is 63.6 Å². The second-order valence-corrected chi connectivity index (χ2v) is 13.3. The van der Waals surface area contributed by atoms with Gasteiger partial charge in [-0.2, -0.15) is 18.4 Å². The third kappa shape index (κ3) is 4.87. The van der Waals surface area contributed by atoms with Crippen LogP contribution in [0.15, 0.2) is 47.4 Å². The number of nitrogens with zero attached hydrogens (tertiary/aromatic N) is 2. The van der Waals surface area contributed by atoms with Crippen LogP contribution in [0, 0.1) is 11.3 Å². The lowest BCUT2D eigenvalue weighted by Crippen LogP contribution is -2.51. The van der Waals surface area contributed by atoms with E-state index >= 15 is 0 Å². The highest BCUT2D eigenvalue weighted by molar-refractivity contribution is 7.92. The van der Waals surface area contributed by atoms with Gasteiger partial charge in [-0.15, -0.1) is 0 Å². The minimum Gasteiger partial charge on any atom is -0.336 e. The summed E-state index contributed by atoms with van der Waals surface area (Å²) >= 11 is 11.9. The summed E-state index contributed by atoms with van der Waals surface area (Å²) in [6, 6.07) is 9.87. The van der Waals surface area contributed by atoms with E-state index in [0.29, 0.717) is 12.8 Å². The summed E-state index contributed by atoms with van der Waals surface area (Å²) in [5, 5.41) is 10.3. The Labute approximate surface area is 232 Å². The number of nitrogens with one attached hydrogen (secondary N) is 1. The molecule has 0 spiro atoms. The molecule has 2 saturated carbocycles. The Morgan fingerprint density at radius 1 is 1.05 bits per heavy atom. The molecular formula is C26H22Cl2F3N3O4S. The van der Waals surface area contributed by atoms with Crippen molar-refractivity contribution in [1.29, 1.82) is 5.26 Å². The molecule has 39 heavy (non-hydrogen) atoms. The summed E-state index contributed by atoms with van der Waals surface area (Å²) in [4.78, 5) is 28.3. The second-order valence-electron chi connectivity index (χ2n) is 10.3. The Hall–Kier alpha value is -2.81. The quantitative estimate of drug-likeness (QED) is 0.519. The van der Waals surface area contributed by atoms with Gasteiger partial charge in [0.2, 0.25) is 11.8 Å². The SMILES string of the molecule is N#CC1(NC(=O)[C@@H]2C[C@@H](S(=O)(=O)c3ccccc3Cl)CN2C(=O)C2(c3ccc(Cl)c(C(F)(F)F)c3)CC2)CC1. The first-order valence-corrected chi connectivity index (χ1v) is 14.4. The van der Waals surface area contributed by atoms with E-state index in [2.05, 4.69) is 5.32 Å². The highest BCUT2D eigenvalue weighted by Crippen LogP contribution is 2.52. The lowest BCUT2D eigenvalue weighted by molar-refractivity contribution is -0.141. The zero-order valence-electron chi connectivity index (χ0n) is 20.3. The number of nitriles is 1. The van der Waals surface area contributed by atoms with Gasteiger partial charge in [0.25, 0.3) is 0 Å². The van der Waals surface area contributed by atoms with Gasteiger partial charge < -0.3 is 10.2 Å². The fourth-order valence-corrected chi connectivity index (χ4v) is 7.57. The van der Waals surface area contributed by atoms with Gasteiger partial charge in [-0.25, -0.2) is 8.42 Å². The van der Waals surface area contributed by atoms with Gasteiger partial charge >= 0.3 is 6.18 Å². The third-order valence-corrected chi connectivity index (χ3v) is 10.7. The number of carbonyl (C=O) groups is 2. The topological polar surface area (TPSA) is 107 Å². The first-order chi connectivity index (χ1) is 18.2.